The number of ether oxygens (including phenoxy) is 1. The van der Waals surface area contributed by atoms with E-state index in [0.717, 1.165) is 5.82 Å². The van der Waals surface area contributed by atoms with Crippen molar-refractivity contribution >= 4 is 35.5 Å². The van der Waals surface area contributed by atoms with Crippen molar-refractivity contribution in [1.29, 1.82) is 0 Å². The summed E-state index contributed by atoms with van der Waals surface area (Å²) in [4.78, 5) is 5.33. The van der Waals surface area contributed by atoms with Crippen LogP contribution in [0.2, 0.25) is 0 Å². The Morgan fingerprint density at radius 3 is 3.07 bits per heavy atom. The van der Waals surface area contributed by atoms with E-state index < -0.39 is 0 Å². The first-order valence-corrected chi connectivity index (χ1v) is 6.25. The molecular weight excluding hydrogens is 236 g/mol. The van der Waals surface area contributed by atoms with Crippen LogP contribution in [0.4, 0.5) is 0 Å². The molecule has 0 amide bonds. The van der Waals surface area contributed by atoms with E-state index >= 15 is 0 Å². The molecule has 2 rings (SSSR count). The lowest BCUT2D eigenvalue weighted by Crippen LogP contribution is -1.92. The highest BCUT2D eigenvalue weighted by atomic mass is 32.1. The second-order valence-electron chi connectivity index (χ2n) is 2.50. The zero-order valence-corrected chi connectivity index (χ0v) is 9.74. The van der Waals surface area contributed by atoms with Crippen molar-refractivity contribution in [2.75, 3.05) is 0 Å². The van der Waals surface area contributed by atoms with E-state index in [2.05, 4.69) is 22.0 Å². The van der Waals surface area contributed by atoms with Gasteiger partial charge in [0.05, 0.1) is 5.75 Å². The Morgan fingerprint density at radius 2 is 2.43 bits per heavy atom. The molecule has 0 aliphatic carbocycles. The molecule has 6 heteroatoms. The van der Waals surface area contributed by atoms with Crippen LogP contribution in [0.1, 0.15) is 10.7 Å². The standard InChI is InChI=1S/C8H8N2OS3/c12-5-7-9-8(14-10-7)11-4-6-2-1-3-13-6/h1-3,12H,4-5H2. The van der Waals surface area contributed by atoms with Gasteiger partial charge in [0.15, 0.2) is 5.82 Å². The molecule has 0 saturated heterocycles. The number of aromatic nitrogens is 2. The summed E-state index contributed by atoms with van der Waals surface area (Å²) < 4.78 is 9.52. The van der Waals surface area contributed by atoms with Crippen molar-refractivity contribution in [2.24, 2.45) is 0 Å². The van der Waals surface area contributed by atoms with Crippen LogP contribution in [0, 0.1) is 0 Å². The monoisotopic (exact) mass is 244 g/mol. The number of thiol groups is 1. The lowest BCUT2D eigenvalue weighted by atomic mass is 10.5. The molecule has 0 radical (unpaired) electrons. The van der Waals surface area contributed by atoms with Crippen LogP contribution in [0.3, 0.4) is 0 Å². The van der Waals surface area contributed by atoms with Gasteiger partial charge < -0.3 is 4.74 Å². The van der Waals surface area contributed by atoms with Crippen LogP contribution in [-0.2, 0) is 12.4 Å². The van der Waals surface area contributed by atoms with Crippen molar-refractivity contribution in [3.8, 4) is 5.19 Å². The zero-order chi connectivity index (χ0) is 9.80. The molecule has 3 nitrogen and oxygen atoms in total. The van der Waals surface area contributed by atoms with Gasteiger partial charge in [0, 0.05) is 16.4 Å². The maximum absolute atomic E-state index is 5.45. The first kappa shape index (κ1) is 9.95. The number of nitrogens with zero attached hydrogens (tertiary/aromatic N) is 2. The number of hydrogen-bond donors (Lipinski definition) is 1. The van der Waals surface area contributed by atoms with Crippen molar-refractivity contribution < 1.29 is 4.74 Å². The predicted octanol–water partition coefficient (Wildman–Crippen LogP) is 2.61. The minimum Gasteiger partial charge on any atom is -0.463 e. The molecule has 0 N–H and O–H groups in total. The van der Waals surface area contributed by atoms with Gasteiger partial charge in [0.2, 0.25) is 0 Å². The van der Waals surface area contributed by atoms with Crippen LogP contribution >= 0.6 is 35.5 Å². The molecule has 0 atom stereocenters. The smallest absolute Gasteiger partial charge is 0.293 e. The molecule has 0 fully saturated rings. The summed E-state index contributed by atoms with van der Waals surface area (Å²) in [5.74, 6) is 1.28. The van der Waals surface area contributed by atoms with Crippen molar-refractivity contribution in [3.05, 3.63) is 28.2 Å². The SMILES string of the molecule is SCc1nsc(OCc2cccs2)n1. The molecule has 0 aliphatic heterocycles. The number of thiophene rings is 1. The summed E-state index contributed by atoms with van der Waals surface area (Å²) >= 11 is 7.02. The second-order valence-corrected chi connectivity index (χ2v) is 4.57. The largest absolute Gasteiger partial charge is 0.463 e. The summed E-state index contributed by atoms with van der Waals surface area (Å²) in [7, 11) is 0. The normalized spacial score (nSPS) is 10.4. The highest BCUT2D eigenvalue weighted by molar-refractivity contribution is 7.79. The van der Waals surface area contributed by atoms with E-state index in [-0.39, 0.29) is 0 Å². The van der Waals surface area contributed by atoms with Gasteiger partial charge in [0.1, 0.15) is 6.61 Å². The molecule has 0 aliphatic rings. The maximum atomic E-state index is 5.45. The first-order chi connectivity index (χ1) is 6.88. The molecule has 0 bridgehead atoms. The van der Waals surface area contributed by atoms with E-state index in [1.54, 1.807) is 11.3 Å². The Morgan fingerprint density at radius 1 is 1.50 bits per heavy atom. The fourth-order valence-electron chi connectivity index (χ4n) is 0.888. The van der Waals surface area contributed by atoms with E-state index in [9.17, 15) is 0 Å². The van der Waals surface area contributed by atoms with Crippen LogP contribution < -0.4 is 4.74 Å². The van der Waals surface area contributed by atoms with Gasteiger partial charge in [0.25, 0.3) is 5.19 Å². The van der Waals surface area contributed by atoms with Gasteiger partial charge in [-0.2, -0.15) is 22.0 Å². The van der Waals surface area contributed by atoms with Crippen molar-refractivity contribution in [2.45, 2.75) is 12.4 Å². The van der Waals surface area contributed by atoms with E-state index in [1.165, 1.54) is 16.4 Å². The molecule has 0 unspecified atom stereocenters. The summed E-state index contributed by atoms with van der Waals surface area (Å²) in [5.41, 5.74) is 0. The fourth-order valence-corrected chi connectivity index (χ4v) is 2.29. The third-order valence-electron chi connectivity index (χ3n) is 1.51. The van der Waals surface area contributed by atoms with E-state index in [1.807, 2.05) is 17.5 Å². The summed E-state index contributed by atoms with van der Waals surface area (Å²) in [6, 6.07) is 4.04. The Bertz CT molecular complexity index is 385. The van der Waals surface area contributed by atoms with E-state index in [4.69, 9.17) is 4.74 Å². The van der Waals surface area contributed by atoms with Gasteiger partial charge in [-0.25, -0.2) is 0 Å². The molecule has 2 heterocycles. The van der Waals surface area contributed by atoms with E-state index in [0.29, 0.717) is 17.6 Å². The van der Waals surface area contributed by atoms with Gasteiger partial charge in [-0.3, -0.25) is 0 Å². The quantitative estimate of drug-likeness (QED) is 0.840. The predicted molar refractivity (Wildman–Crippen MR) is 61.3 cm³/mol. The molecule has 14 heavy (non-hydrogen) atoms. The molecule has 0 saturated carbocycles. The topological polar surface area (TPSA) is 35.0 Å². The highest BCUT2D eigenvalue weighted by Gasteiger charge is 2.03. The highest BCUT2D eigenvalue weighted by Crippen LogP contribution is 2.18. The first-order valence-electron chi connectivity index (χ1n) is 3.97. The lowest BCUT2D eigenvalue weighted by Gasteiger charge is -1.97. The Balaban J connectivity index is 1.92. The fraction of sp³-hybridized carbons (Fsp3) is 0.250. The van der Waals surface area contributed by atoms with Gasteiger partial charge in [-0.1, -0.05) is 6.07 Å². The summed E-state index contributed by atoms with van der Waals surface area (Å²) in [5, 5.41) is 2.64. The Hall–Kier alpha value is -0.590. The van der Waals surface area contributed by atoms with Gasteiger partial charge in [-0.15, -0.1) is 11.3 Å². The van der Waals surface area contributed by atoms with Crippen LogP contribution in [-0.4, -0.2) is 9.36 Å². The van der Waals surface area contributed by atoms with Crippen LogP contribution in [0.15, 0.2) is 17.5 Å². The summed E-state index contributed by atoms with van der Waals surface area (Å²) in [6.45, 7) is 0.568. The maximum Gasteiger partial charge on any atom is 0.293 e. The summed E-state index contributed by atoms with van der Waals surface area (Å²) in [6.07, 6.45) is 0. The zero-order valence-electron chi connectivity index (χ0n) is 7.21. The van der Waals surface area contributed by atoms with Crippen LogP contribution in [0.25, 0.3) is 0 Å². The molecule has 2 aromatic rings. The van der Waals surface area contributed by atoms with Gasteiger partial charge >= 0.3 is 0 Å². The molecule has 0 spiro atoms. The van der Waals surface area contributed by atoms with Crippen molar-refractivity contribution in [1.82, 2.24) is 9.36 Å². The Labute approximate surface area is 95.3 Å². The lowest BCUT2D eigenvalue weighted by molar-refractivity contribution is 0.307. The van der Waals surface area contributed by atoms with Crippen LogP contribution in [0.5, 0.6) is 5.19 Å². The third-order valence-corrected chi connectivity index (χ3v) is 3.31. The van der Waals surface area contributed by atoms with Gasteiger partial charge in [-0.05, 0) is 11.4 Å². The molecule has 2 aromatic heterocycles. The average Bonchev–Trinajstić information content (AvgIpc) is 2.86. The minimum absolute atomic E-state index is 0.554. The average molecular weight is 244 g/mol. The third kappa shape index (κ3) is 2.46. The second kappa shape index (κ2) is 4.77. The molecule has 74 valence electrons. The number of rotatable bonds is 4. The molecular formula is C8H8N2OS3. The minimum atomic E-state index is 0.554. The Kier molecular flexibility index (Phi) is 3.39. The molecule has 0 aromatic carbocycles. The number of hydrogen-bond acceptors (Lipinski definition) is 6. The van der Waals surface area contributed by atoms with Crippen molar-refractivity contribution in [3.63, 3.8) is 0 Å².